The van der Waals surface area contributed by atoms with E-state index >= 15 is 0 Å². The van der Waals surface area contributed by atoms with E-state index in [-0.39, 0.29) is 12.2 Å². The lowest BCUT2D eigenvalue weighted by Crippen LogP contribution is -2.07. The molecule has 0 aliphatic carbocycles. The van der Waals surface area contributed by atoms with Crippen molar-refractivity contribution in [2.75, 3.05) is 0 Å². The van der Waals surface area contributed by atoms with Crippen LogP contribution in [0, 0.1) is 0 Å². The highest BCUT2D eigenvalue weighted by atomic mass is 35.5. The van der Waals surface area contributed by atoms with Gasteiger partial charge < -0.3 is 0 Å². The lowest BCUT2D eigenvalue weighted by molar-refractivity contribution is 0.0992. The molecule has 0 unspecified atom stereocenters. The standard InChI is InChI=1S/C15H13Cl2NO/c1-2-10-9-18-6-5-13(10)15(19)8-11-7-12(16)3-4-14(11)17/h3-7,9H,2,8H2,1H3. The van der Waals surface area contributed by atoms with E-state index in [0.717, 1.165) is 17.5 Å². The summed E-state index contributed by atoms with van der Waals surface area (Å²) in [6.45, 7) is 2.00. The number of pyridine rings is 1. The number of carbonyl (C=O) groups is 1. The van der Waals surface area contributed by atoms with Crippen molar-refractivity contribution in [2.45, 2.75) is 19.8 Å². The molecule has 98 valence electrons. The van der Waals surface area contributed by atoms with Crippen molar-refractivity contribution in [3.63, 3.8) is 0 Å². The van der Waals surface area contributed by atoms with Crippen molar-refractivity contribution in [3.8, 4) is 0 Å². The Balaban J connectivity index is 2.28. The number of aryl methyl sites for hydroxylation is 1. The molecule has 0 bridgehead atoms. The Morgan fingerprint density at radius 2 is 2.00 bits per heavy atom. The van der Waals surface area contributed by atoms with Gasteiger partial charge in [0.05, 0.1) is 0 Å². The summed E-state index contributed by atoms with van der Waals surface area (Å²) in [5.74, 6) is 0.0309. The topological polar surface area (TPSA) is 30.0 Å². The zero-order valence-corrected chi connectivity index (χ0v) is 12.0. The first-order chi connectivity index (χ1) is 9.11. The minimum absolute atomic E-state index is 0.0309. The highest BCUT2D eigenvalue weighted by Crippen LogP contribution is 2.22. The van der Waals surface area contributed by atoms with Gasteiger partial charge in [0, 0.05) is 34.4 Å². The highest BCUT2D eigenvalue weighted by molar-refractivity contribution is 6.33. The second-order valence-electron chi connectivity index (χ2n) is 4.22. The molecule has 0 aliphatic rings. The van der Waals surface area contributed by atoms with Crippen LogP contribution in [-0.4, -0.2) is 10.8 Å². The van der Waals surface area contributed by atoms with Gasteiger partial charge in [0.1, 0.15) is 0 Å². The van der Waals surface area contributed by atoms with Crippen LogP contribution in [0.5, 0.6) is 0 Å². The van der Waals surface area contributed by atoms with Crippen molar-refractivity contribution in [2.24, 2.45) is 0 Å². The van der Waals surface area contributed by atoms with Gasteiger partial charge in [0.2, 0.25) is 0 Å². The monoisotopic (exact) mass is 293 g/mol. The summed E-state index contributed by atoms with van der Waals surface area (Å²) >= 11 is 12.0. The fourth-order valence-electron chi connectivity index (χ4n) is 1.93. The number of ketones is 1. The molecule has 0 saturated carbocycles. The normalized spacial score (nSPS) is 10.5. The molecule has 0 saturated heterocycles. The van der Waals surface area contributed by atoms with Crippen LogP contribution in [0.2, 0.25) is 10.0 Å². The predicted octanol–water partition coefficient (Wildman–Crippen LogP) is 4.38. The summed E-state index contributed by atoms with van der Waals surface area (Å²) in [6, 6.07) is 6.90. The number of benzene rings is 1. The maximum Gasteiger partial charge on any atom is 0.167 e. The molecule has 0 aliphatic heterocycles. The SMILES string of the molecule is CCc1cnccc1C(=O)Cc1cc(Cl)ccc1Cl. The zero-order chi connectivity index (χ0) is 13.8. The van der Waals surface area contributed by atoms with Crippen LogP contribution in [-0.2, 0) is 12.8 Å². The van der Waals surface area contributed by atoms with Gasteiger partial charge in [-0.15, -0.1) is 0 Å². The number of halogens is 2. The molecular weight excluding hydrogens is 281 g/mol. The number of Topliss-reactive ketones (excluding diaryl/α,β-unsaturated/α-hetero) is 1. The van der Waals surface area contributed by atoms with Gasteiger partial charge in [0.15, 0.2) is 5.78 Å². The van der Waals surface area contributed by atoms with Crippen LogP contribution >= 0.6 is 23.2 Å². The Labute approximate surface area is 122 Å². The average molecular weight is 294 g/mol. The Hall–Kier alpha value is -1.38. The third-order valence-electron chi connectivity index (χ3n) is 2.94. The van der Waals surface area contributed by atoms with Gasteiger partial charge in [0.25, 0.3) is 0 Å². The lowest BCUT2D eigenvalue weighted by Gasteiger charge is -2.07. The number of hydrogen-bond acceptors (Lipinski definition) is 2. The second kappa shape index (κ2) is 6.18. The van der Waals surface area contributed by atoms with Crippen LogP contribution in [0.25, 0.3) is 0 Å². The summed E-state index contributed by atoms with van der Waals surface area (Å²) < 4.78 is 0. The summed E-state index contributed by atoms with van der Waals surface area (Å²) in [5, 5.41) is 1.14. The average Bonchev–Trinajstić information content (AvgIpc) is 2.42. The molecule has 0 spiro atoms. The number of carbonyl (C=O) groups excluding carboxylic acids is 1. The number of aromatic nitrogens is 1. The van der Waals surface area contributed by atoms with Crippen LogP contribution in [0.4, 0.5) is 0 Å². The molecule has 0 atom stereocenters. The number of nitrogens with zero attached hydrogens (tertiary/aromatic N) is 1. The van der Waals surface area contributed by atoms with Gasteiger partial charge in [-0.05, 0) is 41.8 Å². The van der Waals surface area contributed by atoms with Gasteiger partial charge >= 0.3 is 0 Å². The first-order valence-electron chi connectivity index (χ1n) is 6.01. The third kappa shape index (κ3) is 3.34. The van der Waals surface area contributed by atoms with Gasteiger partial charge in [-0.1, -0.05) is 30.1 Å². The van der Waals surface area contributed by atoms with E-state index in [2.05, 4.69) is 4.98 Å². The van der Waals surface area contributed by atoms with Gasteiger partial charge in [-0.3, -0.25) is 9.78 Å². The van der Waals surface area contributed by atoms with Crippen molar-refractivity contribution in [3.05, 3.63) is 63.4 Å². The van der Waals surface area contributed by atoms with Crippen molar-refractivity contribution in [1.29, 1.82) is 0 Å². The molecule has 2 nitrogen and oxygen atoms in total. The van der Waals surface area contributed by atoms with E-state index < -0.39 is 0 Å². The summed E-state index contributed by atoms with van der Waals surface area (Å²) in [5.41, 5.74) is 2.40. The van der Waals surface area contributed by atoms with Crippen LogP contribution in [0.3, 0.4) is 0 Å². The molecule has 0 fully saturated rings. The molecule has 2 aromatic rings. The summed E-state index contributed by atoms with van der Waals surface area (Å²) in [6.07, 6.45) is 4.38. The maximum absolute atomic E-state index is 12.3. The molecule has 0 radical (unpaired) electrons. The molecule has 19 heavy (non-hydrogen) atoms. The largest absolute Gasteiger partial charge is 0.294 e. The van der Waals surface area contributed by atoms with Crippen LogP contribution in [0.1, 0.15) is 28.4 Å². The van der Waals surface area contributed by atoms with E-state index in [1.165, 1.54) is 0 Å². The van der Waals surface area contributed by atoms with Gasteiger partial charge in [-0.2, -0.15) is 0 Å². The number of rotatable bonds is 4. The van der Waals surface area contributed by atoms with E-state index in [0.29, 0.717) is 15.6 Å². The minimum atomic E-state index is 0.0309. The first kappa shape index (κ1) is 14.0. The first-order valence-corrected chi connectivity index (χ1v) is 6.77. The quantitative estimate of drug-likeness (QED) is 0.783. The lowest BCUT2D eigenvalue weighted by atomic mass is 9.99. The zero-order valence-electron chi connectivity index (χ0n) is 10.5. The van der Waals surface area contributed by atoms with E-state index in [4.69, 9.17) is 23.2 Å². The highest BCUT2D eigenvalue weighted by Gasteiger charge is 2.13. The van der Waals surface area contributed by atoms with Crippen LogP contribution < -0.4 is 0 Å². The molecular formula is C15H13Cl2NO. The Morgan fingerprint density at radius 1 is 1.21 bits per heavy atom. The molecule has 0 amide bonds. The smallest absolute Gasteiger partial charge is 0.167 e. The molecule has 1 heterocycles. The Morgan fingerprint density at radius 3 is 2.74 bits per heavy atom. The van der Waals surface area contributed by atoms with E-state index in [1.807, 2.05) is 6.92 Å². The van der Waals surface area contributed by atoms with Crippen molar-refractivity contribution < 1.29 is 4.79 Å². The molecule has 1 aromatic heterocycles. The third-order valence-corrected chi connectivity index (χ3v) is 3.55. The fourth-order valence-corrected chi connectivity index (χ4v) is 2.31. The number of hydrogen-bond donors (Lipinski definition) is 0. The van der Waals surface area contributed by atoms with Crippen molar-refractivity contribution >= 4 is 29.0 Å². The Kier molecular flexibility index (Phi) is 4.56. The second-order valence-corrected chi connectivity index (χ2v) is 5.07. The summed E-state index contributed by atoms with van der Waals surface area (Å²) in [7, 11) is 0. The predicted molar refractivity (Wildman–Crippen MR) is 78.1 cm³/mol. The van der Waals surface area contributed by atoms with Crippen LogP contribution in [0.15, 0.2) is 36.7 Å². The Bertz CT molecular complexity index is 611. The van der Waals surface area contributed by atoms with E-state index in [1.54, 1.807) is 36.7 Å². The maximum atomic E-state index is 12.3. The molecule has 4 heteroatoms. The summed E-state index contributed by atoms with van der Waals surface area (Å²) in [4.78, 5) is 16.4. The minimum Gasteiger partial charge on any atom is -0.294 e. The van der Waals surface area contributed by atoms with E-state index in [9.17, 15) is 4.79 Å². The fraction of sp³-hybridized carbons (Fsp3) is 0.200. The van der Waals surface area contributed by atoms with Gasteiger partial charge in [-0.25, -0.2) is 0 Å². The molecule has 0 N–H and O–H groups in total. The molecule has 2 rings (SSSR count). The van der Waals surface area contributed by atoms with Crippen molar-refractivity contribution in [1.82, 2.24) is 4.98 Å². The molecule has 1 aromatic carbocycles.